The summed E-state index contributed by atoms with van der Waals surface area (Å²) in [5.74, 6) is -0.0422. The number of ether oxygens (including phenoxy) is 1. The van der Waals surface area contributed by atoms with Crippen LogP contribution in [-0.4, -0.2) is 28.6 Å². The molecule has 6 nitrogen and oxygen atoms in total. The van der Waals surface area contributed by atoms with Gasteiger partial charge in [0.1, 0.15) is 11.4 Å². The van der Waals surface area contributed by atoms with E-state index < -0.39 is 5.97 Å². The molecule has 1 aliphatic rings. The zero-order chi connectivity index (χ0) is 18.8. The first-order chi connectivity index (χ1) is 13.1. The maximum atomic E-state index is 12.3. The van der Waals surface area contributed by atoms with Gasteiger partial charge >= 0.3 is 5.97 Å². The van der Waals surface area contributed by atoms with Gasteiger partial charge in [0.05, 0.1) is 10.7 Å². The van der Waals surface area contributed by atoms with Crippen LogP contribution in [0.3, 0.4) is 0 Å². The number of halogens is 1. The van der Waals surface area contributed by atoms with Gasteiger partial charge in [0.15, 0.2) is 0 Å². The van der Waals surface area contributed by atoms with E-state index in [-0.39, 0.29) is 11.6 Å². The summed E-state index contributed by atoms with van der Waals surface area (Å²) < 4.78 is 5.38. The Labute approximate surface area is 160 Å². The van der Waals surface area contributed by atoms with Crippen LogP contribution in [0.4, 0.5) is 5.69 Å². The number of rotatable bonds is 4. The maximum Gasteiger partial charge on any atom is 0.361 e. The van der Waals surface area contributed by atoms with Crippen LogP contribution in [0.25, 0.3) is 11.3 Å². The molecule has 0 unspecified atom stereocenters. The van der Waals surface area contributed by atoms with Crippen molar-refractivity contribution in [2.24, 2.45) is 0 Å². The minimum atomic E-state index is -0.550. The van der Waals surface area contributed by atoms with E-state index >= 15 is 0 Å². The number of esters is 1. The number of carbonyl (C=O) groups excluding carboxylic acids is 2. The molecule has 0 bridgehead atoms. The molecule has 7 heteroatoms. The first-order valence-corrected chi connectivity index (χ1v) is 8.92. The number of H-pyrrole nitrogens is 1. The molecule has 0 aliphatic carbocycles. The molecule has 0 radical (unpaired) electrons. The van der Waals surface area contributed by atoms with Crippen LogP contribution in [-0.2, 0) is 4.79 Å². The second-order valence-electron chi connectivity index (χ2n) is 6.18. The van der Waals surface area contributed by atoms with Gasteiger partial charge in [0.25, 0.3) is 0 Å². The molecule has 2 heterocycles. The monoisotopic (exact) mass is 381 g/mol. The lowest BCUT2D eigenvalue weighted by molar-refractivity contribution is -0.117. The Bertz CT molecular complexity index is 998. The number of benzene rings is 2. The number of anilines is 1. The van der Waals surface area contributed by atoms with Crippen molar-refractivity contribution in [1.82, 2.24) is 10.2 Å². The van der Waals surface area contributed by atoms with Crippen LogP contribution in [0.1, 0.15) is 23.3 Å². The number of amides is 1. The van der Waals surface area contributed by atoms with E-state index in [0.717, 1.165) is 24.2 Å². The van der Waals surface area contributed by atoms with E-state index in [1.165, 1.54) is 0 Å². The highest BCUT2D eigenvalue weighted by Gasteiger charge is 2.21. The molecule has 27 heavy (non-hydrogen) atoms. The van der Waals surface area contributed by atoms with Gasteiger partial charge in [0, 0.05) is 24.2 Å². The molecule has 0 saturated carbocycles. The van der Waals surface area contributed by atoms with Crippen molar-refractivity contribution < 1.29 is 14.3 Å². The largest absolute Gasteiger partial charge is 0.422 e. The zero-order valence-electron chi connectivity index (χ0n) is 14.3. The predicted molar refractivity (Wildman–Crippen MR) is 102 cm³/mol. The summed E-state index contributed by atoms with van der Waals surface area (Å²) in [6.45, 7) is 0.719. The summed E-state index contributed by atoms with van der Waals surface area (Å²) in [5, 5.41) is 7.36. The first kappa shape index (κ1) is 17.3. The van der Waals surface area contributed by atoms with Crippen molar-refractivity contribution in [3.63, 3.8) is 0 Å². The van der Waals surface area contributed by atoms with Gasteiger partial charge in [-0.3, -0.25) is 9.89 Å². The Morgan fingerprint density at radius 1 is 1.15 bits per heavy atom. The predicted octanol–water partition coefficient (Wildman–Crippen LogP) is 4.08. The Morgan fingerprint density at radius 3 is 2.63 bits per heavy atom. The number of carbonyl (C=O) groups is 2. The molecule has 136 valence electrons. The fourth-order valence-electron chi connectivity index (χ4n) is 3.01. The number of hydrogen-bond donors (Lipinski definition) is 1. The summed E-state index contributed by atoms with van der Waals surface area (Å²) in [5.41, 5.74) is 2.33. The molecule has 1 fully saturated rings. The second kappa shape index (κ2) is 7.25. The summed E-state index contributed by atoms with van der Waals surface area (Å²) in [6.07, 6.45) is 1.44. The number of aromatic amines is 1. The van der Waals surface area contributed by atoms with Crippen LogP contribution in [0.2, 0.25) is 5.02 Å². The van der Waals surface area contributed by atoms with E-state index in [1.54, 1.807) is 41.3 Å². The van der Waals surface area contributed by atoms with Crippen molar-refractivity contribution in [2.75, 3.05) is 11.4 Å². The third kappa shape index (κ3) is 3.57. The van der Waals surface area contributed by atoms with Gasteiger partial charge < -0.3 is 9.64 Å². The minimum Gasteiger partial charge on any atom is -0.422 e. The van der Waals surface area contributed by atoms with Gasteiger partial charge in [-0.15, -0.1) is 0 Å². The summed E-state index contributed by atoms with van der Waals surface area (Å²) in [4.78, 5) is 25.9. The molecule has 1 aliphatic heterocycles. The summed E-state index contributed by atoms with van der Waals surface area (Å²) >= 11 is 6.16. The lowest BCUT2D eigenvalue weighted by Gasteiger charge is -2.15. The highest BCUT2D eigenvalue weighted by Crippen LogP contribution is 2.27. The van der Waals surface area contributed by atoms with Gasteiger partial charge in [-0.1, -0.05) is 29.8 Å². The van der Waals surface area contributed by atoms with Crippen LogP contribution in [0.15, 0.2) is 54.6 Å². The fraction of sp³-hybridized carbons (Fsp3) is 0.150. The van der Waals surface area contributed by atoms with Crippen molar-refractivity contribution in [2.45, 2.75) is 12.8 Å². The Kier molecular flexibility index (Phi) is 4.64. The van der Waals surface area contributed by atoms with Crippen molar-refractivity contribution in [3.05, 3.63) is 65.3 Å². The normalized spacial score (nSPS) is 13.8. The van der Waals surface area contributed by atoms with E-state index in [1.807, 2.05) is 18.2 Å². The quantitative estimate of drug-likeness (QED) is 0.546. The molecule has 0 spiro atoms. The number of nitrogens with one attached hydrogen (secondary N) is 1. The van der Waals surface area contributed by atoms with Crippen LogP contribution in [0, 0.1) is 0 Å². The second-order valence-corrected chi connectivity index (χ2v) is 6.59. The number of nitrogens with zero attached hydrogens (tertiary/aromatic N) is 2. The Morgan fingerprint density at radius 2 is 1.93 bits per heavy atom. The molecule has 3 aromatic rings. The highest BCUT2D eigenvalue weighted by molar-refractivity contribution is 6.33. The van der Waals surface area contributed by atoms with Gasteiger partial charge in [-0.05, 0) is 42.8 Å². The molecule has 1 amide bonds. The zero-order valence-corrected chi connectivity index (χ0v) is 15.1. The minimum absolute atomic E-state index is 0.115. The lowest BCUT2D eigenvalue weighted by atomic mass is 10.1. The summed E-state index contributed by atoms with van der Waals surface area (Å²) in [7, 11) is 0. The molecular formula is C20H16ClN3O3. The molecule has 1 aromatic heterocycles. The average Bonchev–Trinajstić information content (AvgIpc) is 3.32. The standard InChI is InChI=1S/C20H16ClN3O3/c21-16-5-2-1-4-15(16)17-12-18(23-22-17)20(26)27-14-9-7-13(8-10-14)24-11-3-6-19(24)25/h1-2,4-5,7-10,12H,3,6,11H2,(H,22,23). The Balaban J connectivity index is 1.47. The topological polar surface area (TPSA) is 75.3 Å². The third-order valence-corrected chi connectivity index (χ3v) is 4.71. The molecule has 0 atom stereocenters. The van der Waals surface area contributed by atoms with E-state index in [9.17, 15) is 9.59 Å². The molecule has 4 rings (SSSR count). The van der Waals surface area contributed by atoms with Crippen LogP contribution >= 0.6 is 11.6 Å². The fourth-order valence-corrected chi connectivity index (χ4v) is 3.24. The maximum absolute atomic E-state index is 12.3. The SMILES string of the molecule is O=C(Oc1ccc(N2CCCC2=O)cc1)c1cc(-c2ccccc2Cl)n[nH]1. The van der Waals surface area contributed by atoms with Crippen molar-refractivity contribution in [3.8, 4) is 17.0 Å². The average molecular weight is 382 g/mol. The number of hydrogen-bond acceptors (Lipinski definition) is 4. The first-order valence-electron chi connectivity index (χ1n) is 8.55. The smallest absolute Gasteiger partial charge is 0.361 e. The van der Waals surface area contributed by atoms with E-state index in [0.29, 0.717) is 22.9 Å². The Hall–Kier alpha value is -3.12. The van der Waals surface area contributed by atoms with Gasteiger partial charge in [0.2, 0.25) is 5.91 Å². The third-order valence-electron chi connectivity index (χ3n) is 4.38. The van der Waals surface area contributed by atoms with Crippen molar-refractivity contribution in [1.29, 1.82) is 0 Å². The molecule has 2 aromatic carbocycles. The molecule has 1 N–H and O–H groups in total. The van der Waals surface area contributed by atoms with E-state index in [2.05, 4.69) is 10.2 Å². The molecular weight excluding hydrogens is 366 g/mol. The van der Waals surface area contributed by atoms with E-state index in [4.69, 9.17) is 16.3 Å². The van der Waals surface area contributed by atoms with Crippen LogP contribution in [0.5, 0.6) is 5.75 Å². The van der Waals surface area contributed by atoms with Crippen LogP contribution < -0.4 is 9.64 Å². The number of aromatic nitrogens is 2. The van der Waals surface area contributed by atoms with Crippen molar-refractivity contribution >= 4 is 29.2 Å². The van der Waals surface area contributed by atoms with Gasteiger partial charge in [-0.25, -0.2) is 4.79 Å². The van der Waals surface area contributed by atoms with Gasteiger partial charge in [-0.2, -0.15) is 5.10 Å². The summed E-state index contributed by atoms with van der Waals surface area (Å²) in [6, 6.07) is 15.7. The highest BCUT2D eigenvalue weighted by atomic mass is 35.5. The lowest BCUT2D eigenvalue weighted by Crippen LogP contribution is -2.23. The molecule has 1 saturated heterocycles.